The third-order valence-electron chi connectivity index (χ3n) is 3.27. The van der Waals surface area contributed by atoms with Gasteiger partial charge in [0.15, 0.2) is 0 Å². The van der Waals surface area contributed by atoms with Crippen molar-refractivity contribution in [2.45, 2.75) is 18.9 Å². The topological polar surface area (TPSA) is 32.7 Å². The first kappa shape index (κ1) is 13.8. The number of hydrogen-bond donors (Lipinski definition) is 1. The average molecular weight is 270 g/mol. The molecule has 0 radical (unpaired) electrons. The van der Waals surface area contributed by atoms with Gasteiger partial charge in [-0.25, -0.2) is 0 Å². The van der Waals surface area contributed by atoms with E-state index in [0.717, 1.165) is 44.1 Å². The van der Waals surface area contributed by atoms with E-state index < -0.39 is 0 Å². The van der Waals surface area contributed by atoms with Crippen molar-refractivity contribution in [3.63, 3.8) is 0 Å². The minimum Gasteiger partial charge on any atom is -0.396 e. The van der Waals surface area contributed by atoms with Gasteiger partial charge in [0.2, 0.25) is 0 Å². The Labute approximate surface area is 113 Å². The summed E-state index contributed by atoms with van der Waals surface area (Å²) in [5.74, 6) is 0. The van der Waals surface area contributed by atoms with Crippen LogP contribution in [0, 0.1) is 0 Å². The Bertz CT molecular complexity index is 355. The molecule has 0 saturated carbocycles. The quantitative estimate of drug-likeness (QED) is 0.834. The molecule has 0 unspecified atom stereocenters. The number of ether oxygens (including phenoxy) is 1. The van der Waals surface area contributed by atoms with Gasteiger partial charge in [0.05, 0.1) is 12.7 Å². The Kier molecular flexibility index (Phi) is 5.45. The maximum absolute atomic E-state index is 8.80. The van der Waals surface area contributed by atoms with Crippen LogP contribution < -0.4 is 0 Å². The highest BCUT2D eigenvalue weighted by Crippen LogP contribution is 2.23. The van der Waals surface area contributed by atoms with Crippen molar-refractivity contribution in [1.29, 1.82) is 0 Å². The number of hydrogen-bond acceptors (Lipinski definition) is 3. The van der Waals surface area contributed by atoms with Gasteiger partial charge in [0.1, 0.15) is 0 Å². The van der Waals surface area contributed by atoms with Gasteiger partial charge in [-0.05, 0) is 37.1 Å². The Balaban J connectivity index is 1.88. The highest BCUT2D eigenvalue weighted by Gasteiger charge is 2.21. The number of benzene rings is 1. The Hall–Kier alpha value is -0.610. The molecule has 1 atom stereocenters. The van der Waals surface area contributed by atoms with E-state index >= 15 is 0 Å². The number of aliphatic hydroxyl groups excluding tert-OH is 1. The smallest absolute Gasteiger partial charge is 0.0952 e. The minimum atomic E-state index is 0.144. The zero-order valence-electron chi connectivity index (χ0n) is 10.5. The average Bonchev–Trinajstić information content (AvgIpc) is 2.40. The molecule has 0 aromatic heterocycles. The monoisotopic (exact) mass is 269 g/mol. The lowest BCUT2D eigenvalue weighted by Gasteiger charge is -2.33. The zero-order chi connectivity index (χ0) is 12.8. The molecule has 0 amide bonds. The zero-order valence-corrected chi connectivity index (χ0v) is 11.3. The van der Waals surface area contributed by atoms with Crippen LogP contribution in [0.1, 0.15) is 24.5 Å². The molecular weight excluding hydrogens is 250 g/mol. The predicted molar refractivity (Wildman–Crippen MR) is 72.9 cm³/mol. The lowest BCUT2D eigenvalue weighted by Crippen LogP contribution is -2.38. The Morgan fingerprint density at radius 1 is 1.28 bits per heavy atom. The third kappa shape index (κ3) is 3.95. The molecule has 18 heavy (non-hydrogen) atoms. The molecule has 1 aliphatic heterocycles. The molecule has 4 heteroatoms. The van der Waals surface area contributed by atoms with Gasteiger partial charge in [-0.3, -0.25) is 4.90 Å². The molecule has 2 rings (SSSR count). The molecule has 1 fully saturated rings. The minimum absolute atomic E-state index is 0.144. The summed E-state index contributed by atoms with van der Waals surface area (Å²) in [5.41, 5.74) is 1.19. The van der Waals surface area contributed by atoms with Gasteiger partial charge in [-0.1, -0.05) is 23.7 Å². The van der Waals surface area contributed by atoms with Crippen molar-refractivity contribution in [1.82, 2.24) is 4.90 Å². The van der Waals surface area contributed by atoms with Crippen LogP contribution in [0.4, 0.5) is 0 Å². The molecule has 1 aliphatic rings. The number of unbranched alkanes of at least 4 members (excludes halogenated alkanes) is 1. The number of halogens is 1. The van der Waals surface area contributed by atoms with Crippen LogP contribution in [0.5, 0.6) is 0 Å². The number of nitrogens with zero attached hydrogens (tertiary/aromatic N) is 1. The standard InChI is InChI=1S/C14H20ClNO2/c15-13-5-3-12(4-6-13)14-11-16(8-10-18-14)7-1-2-9-17/h3-6,14,17H,1-2,7-11H2/t14-/m1/s1. The summed E-state index contributed by atoms with van der Waals surface area (Å²) in [7, 11) is 0. The van der Waals surface area contributed by atoms with Crippen molar-refractivity contribution >= 4 is 11.6 Å². The summed E-state index contributed by atoms with van der Waals surface area (Å²) in [6, 6.07) is 7.88. The molecule has 1 aromatic rings. The first-order chi connectivity index (χ1) is 8.79. The van der Waals surface area contributed by atoms with Crippen LogP contribution >= 0.6 is 11.6 Å². The maximum atomic E-state index is 8.80. The molecular formula is C14H20ClNO2. The summed E-state index contributed by atoms with van der Waals surface area (Å²) in [6.07, 6.45) is 2.07. The molecule has 0 bridgehead atoms. The second-order valence-corrected chi connectivity index (χ2v) is 5.08. The van der Waals surface area contributed by atoms with Crippen LogP contribution in [-0.4, -0.2) is 42.9 Å². The predicted octanol–water partition coefficient (Wildman–Crippen LogP) is 2.49. The van der Waals surface area contributed by atoms with Gasteiger partial charge < -0.3 is 9.84 Å². The fourth-order valence-electron chi connectivity index (χ4n) is 2.23. The van der Waals surface area contributed by atoms with Crippen molar-refractivity contribution in [3.05, 3.63) is 34.9 Å². The lowest BCUT2D eigenvalue weighted by molar-refractivity contribution is -0.0305. The SMILES string of the molecule is OCCCCN1CCO[C@@H](c2ccc(Cl)cc2)C1. The summed E-state index contributed by atoms with van der Waals surface area (Å²) in [4.78, 5) is 2.40. The van der Waals surface area contributed by atoms with Gasteiger partial charge in [0, 0.05) is 24.7 Å². The molecule has 1 saturated heterocycles. The van der Waals surface area contributed by atoms with E-state index in [1.165, 1.54) is 5.56 Å². The van der Waals surface area contributed by atoms with E-state index in [-0.39, 0.29) is 12.7 Å². The van der Waals surface area contributed by atoms with Gasteiger partial charge in [0.25, 0.3) is 0 Å². The molecule has 100 valence electrons. The van der Waals surface area contributed by atoms with Crippen molar-refractivity contribution < 1.29 is 9.84 Å². The Morgan fingerprint density at radius 3 is 2.78 bits per heavy atom. The van der Waals surface area contributed by atoms with Crippen molar-refractivity contribution in [3.8, 4) is 0 Å². The van der Waals surface area contributed by atoms with Crippen LogP contribution in [0.3, 0.4) is 0 Å². The number of aliphatic hydroxyl groups is 1. The molecule has 1 aromatic carbocycles. The fourth-order valence-corrected chi connectivity index (χ4v) is 2.36. The molecule has 0 aliphatic carbocycles. The number of morpholine rings is 1. The molecule has 0 spiro atoms. The van der Waals surface area contributed by atoms with E-state index in [4.69, 9.17) is 21.4 Å². The maximum Gasteiger partial charge on any atom is 0.0952 e. The van der Waals surface area contributed by atoms with Crippen LogP contribution in [0.2, 0.25) is 5.02 Å². The largest absolute Gasteiger partial charge is 0.396 e. The first-order valence-corrected chi connectivity index (χ1v) is 6.87. The van der Waals surface area contributed by atoms with Gasteiger partial charge in [-0.2, -0.15) is 0 Å². The first-order valence-electron chi connectivity index (χ1n) is 6.50. The summed E-state index contributed by atoms with van der Waals surface area (Å²) < 4.78 is 5.81. The third-order valence-corrected chi connectivity index (χ3v) is 3.53. The molecule has 3 nitrogen and oxygen atoms in total. The van der Waals surface area contributed by atoms with E-state index in [2.05, 4.69) is 4.90 Å². The Morgan fingerprint density at radius 2 is 2.06 bits per heavy atom. The van der Waals surface area contributed by atoms with Crippen LogP contribution in [-0.2, 0) is 4.74 Å². The van der Waals surface area contributed by atoms with E-state index in [1.807, 2.05) is 24.3 Å². The van der Waals surface area contributed by atoms with Gasteiger partial charge >= 0.3 is 0 Å². The lowest BCUT2D eigenvalue weighted by atomic mass is 10.1. The normalized spacial score (nSPS) is 21.1. The van der Waals surface area contributed by atoms with E-state index in [0.29, 0.717) is 0 Å². The van der Waals surface area contributed by atoms with Crippen LogP contribution in [0.25, 0.3) is 0 Å². The second kappa shape index (κ2) is 7.10. The van der Waals surface area contributed by atoms with Crippen LogP contribution in [0.15, 0.2) is 24.3 Å². The van der Waals surface area contributed by atoms with E-state index in [1.54, 1.807) is 0 Å². The van der Waals surface area contributed by atoms with Crippen molar-refractivity contribution in [2.24, 2.45) is 0 Å². The molecule has 1 N–H and O–H groups in total. The van der Waals surface area contributed by atoms with Crippen molar-refractivity contribution in [2.75, 3.05) is 32.8 Å². The summed E-state index contributed by atoms with van der Waals surface area (Å²) in [6.45, 7) is 3.99. The highest BCUT2D eigenvalue weighted by atomic mass is 35.5. The van der Waals surface area contributed by atoms with Gasteiger partial charge in [-0.15, -0.1) is 0 Å². The summed E-state index contributed by atoms with van der Waals surface area (Å²) >= 11 is 5.89. The molecule has 1 heterocycles. The summed E-state index contributed by atoms with van der Waals surface area (Å²) in [5, 5.41) is 9.55. The second-order valence-electron chi connectivity index (χ2n) is 4.64. The highest BCUT2D eigenvalue weighted by molar-refractivity contribution is 6.30. The number of rotatable bonds is 5. The fraction of sp³-hybridized carbons (Fsp3) is 0.571. The van der Waals surface area contributed by atoms with E-state index in [9.17, 15) is 0 Å².